The summed E-state index contributed by atoms with van der Waals surface area (Å²) in [6.45, 7) is 2.60. The number of nitrogens with zero attached hydrogens (tertiary/aromatic N) is 1. The number of nitrogens with one attached hydrogen (secondary N) is 1. The Kier molecular flexibility index (Phi) is 4.01. The molecule has 1 saturated heterocycles. The Morgan fingerprint density at radius 2 is 2.00 bits per heavy atom. The van der Waals surface area contributed by atoms with Crippen LogP contribution in [0.4, 0.5) is 5.69 Å². The number of carbonyl (C=O) groups excluding carboxylic acids is 2. The van der Waals surface area contributed by atoms with Gasteiger partial charge in [-0.2, -0.15) is 0 Å². The maximum absolute atomic E-state index is 12.4. The highest BCUT2D eigenvalue weighted by atomic mass is 16.6. The average Bonchev–Trinajstić information content (AvgIpc) is 3.19. The number of hydrogen-bond acceptors (Lipinski definition) is 3. The van der Waals surface area contributed by atoms with Crippen molar-refractivity contribution in [2.75, 3.05) is 18.1 Å². The van der Waals surface area contributed by atoms with Gasteiger partial charge in [-0.3, -0.25) is 14.4 Å². The number of amides is 2. The Hall–Kier alpha value is -2.66. The van der Waals surface area contributed by atoms with Crippen LogP contribution in [-0.2, 0) is 20.8 Å². The summed E-state index contributed by atoms with van der Waals surface area (Å²) in [7, 11) is 0. The van der Waals surface area contributed by atoms with Gasteiger partial charge in [-0.15, -0.1) is 0 Å². The molecule has 2 amide bonds. The van der Waals surface area contributed by atoms with E-state index in [2.05, 4.69) is 35.8 Å². The highest BCUT2D eigenvalue weighted by Gasteiger charge is 2.35. The number of anilines is 1. The van der Waals surface area contributed by atoms with Crippen molar-refractivity contribution in [2.24, 2.45) is 5.92 Å². The standard InChI is InChI=1S/C20H20N2O3/c1-2-25-21-20(24)15-11-19(23)22(12-15)16-7-8-18-14(10-16)9-13-5-3-4-6-17(13)18/h3-8,10,15H,2,9,11-12H2,1H3,(H,21,24). The molecule has 2 aromatic rings. The van der Waals surface area contributed by atoms with Crippen molar-refractivity contribution >= 4 is 17.5 Å². The van der Waals surface area contributed by atoms with Gasteiger partial charge in [-0.05, 0) is 47.7 Å². The molecule has 5 nitrogen and oxygen atoms in total. The van der Waals surface area contributed by atoms with Crippen molar-refractivity contribution in [3.8, 4) is 11.1 Å². The number of hydrogen-bond donors (Lipinski definition) is 1. The molecule has 0 spiro atoms. The number of hydroxylamine groups is 1. The van der Waals surface area contributed by atoms with E-state index >= 15 is 0 Å². The lowest BCUT2D eigenvalue weighted by Gasteiger charge is -2.18. The number of rotatable bonds is 4. The Bertz CT molecular complexity index is 847. The second-order valence-corrected chi connectivity index (χ2v) is 6.48. The summed E-state index contributed by atoms with van der Waals surface area (Å²) in [5, 5.41) is 0. The van der Waals surface area contributed by atoms with Crippen LogP contribution in [0.3, 0.4) is 0 Å². The summed E-state index contributed by atoms with van der Waals surface area (Å²) in [6.07, 6.45) is 1.10. The predicted octanol–water partition coefficient (Wildman–Crippen LogP) is 2.68. The maximum atomic E-state index is 12.4. The van der Waals surface area contributed by atoms with E-state index < -0.39 is 0 Å². The van der Waals surface area contributed by atoms with Gasteiger partial charge in [0.05, 0.1) is 12.5 Å². The second-order valence-electron chi connectivity index (χ2n) is 6.48. The summed E-state index contributed by atoms with van der Waals surface area (Å²) < 4.78 is 0. The SMILES string of the molecule is CCONC(=O)C1CC(=O)N(c2ccc3c(c2)Cc2ccccc2-3)C1. The zero-order valence-electron chi connectivity index (χ0n) is 14.1. The molecule has 5 heteroatoms. The zero-order valence-corrected chi connectivity index (χ0v) is 14.1. The molecule has 1 unspecified atom stereocenters. The van der Waals surface area contributed by atoms with Crippen molar-refractivity contribution in [1.82, 2.24) is 5.48 Å². The highest BCUT2D eigenvalue weighted by molar-refractivity contribution is 6.00. The normalized spacial score (nSPS) is 18.2. The smallest absolute Gasteiger partial charge is 0.248 e. The lowest BCUT2D eigenvalue weighted by Crippen LogP contribution is -2.33. The molecule has 1 aliphatic heterocycles. The highest BCUT2D eigenvalue weighted by Crippen LogP contribution is 2.39. The molecule has 128 valence electrons. The van der Waals surface area contributed by atoms with E-state index in [1.807, 2.05) is 12.1 Å². The lowest BCUT2D eigenvalue weighted by molar-refractivity contribution is -0.137. The van der Waals surface area contributed by atoms with Crippen LogP contribution in [0.1, 0.15) is 24.5 Å². The van der Waals surface area contributed by atoms with Gasteiger partial charge in [0, 0.05) is 18.7 Å². The molecular weight excluding hydrogens is 316 g/mol. The molecule has 4 rings (SSSR count). The van der Waals surface area contributed by atoms with Crippen molar-refractivity contribution in [2.45, 2.75) is 19.8 Å². The van der Waals surface area contributed by atoms with Crippen molar-refractivity contribution in [3.63, 3.8) is 0 Å². The van der Waals surface area contributed by atoms with Crippen LogP contribution in [0.5, 0.6) is 0 Å². The predicted molar refractivity (Wildman–Crippen MR) is 94.9 cm³/mol. The Morgan fingerprint density at radius 1 is 1.20 bits per heavy atom. The van der Waals surface area contributed by atoms with E-state index in [-0.39, 0.29) is 24.2 Å². The minimum absolute atomic E-state index is 0.0212. The fraction of sp³-hybridized carbons (Fsp3) is 0.300. The molecule has 1 heterocycles. The summed E-state index contributed by atoms with van der Waals surface area (Å²) >= 11 is 0. The van der Waals surface area contributed by atoms with E-state index in [1.165, 1.54) is 22.3 Å². The number of carbonyl (C=O) groups is 2. The molecule has 1 atom stereocenters. The van der Waals surface area contributed by atoms with Gasteiger partial charge in [0.1, 0.15) is 0 Å². The van der Waals surface area contributed by atoms with Gasteiger partial charge in [0.15, 0.2) is 0 Å². The zero-order chi connectivity index (χ0) is 17.4. The van der Waals surface area contributed by atoms with Crippen LogP contribution in [0.15, 0.2) is 42.5 Å². The van der Waals surface area contributed by atoms with Crippen LogP contribution in [0.2, 0.25) is 0 Å². The van der Waals surface area contributed by atoms with Gasteiger partial charge >= 0.3 is 0 Å². The van der Waals surface area contributed by atoms with Gasteiger partial charge in [-0.1, -0.05) is 30.3 Å². The summed E-state index contributed by atoms with van der Waals surface area (Å²) in [5.41, 5.74) is 8.32. The monoisotopic (exact) mass is 336 g/mol. The van der Waals surface area contributed by atoms with E-state index in [1.54, 1.807) is 11.8 Å². The van der Waals surface area contributed by atoms with Gasteiger partial charge in [0.2, 0.25) is 11.8 Å². The first-order valence-electron chi connectivity index (χ1n) is 8.60. The molecule has 1 fully saturated rings. The van der Waals surface area contributed by atoms with E-state index in [9.17, 15) is 9.59 Å². The Morgan fingerprint density at radius 3 is 2.84 bits per heavy atom. The molecule has 0 radical (unpaired) electrons. The molecule has 0 saturated carbocycles. The fourth-order valence-electron chi connectivity index (χ4n) is 3.66. The minimum atomic E-state index is -0.371. The largest absolute Gasteiger partial charge is 0.312 e. The molecular formula is C20H20N2O3. The average molecular weight is 336 g/mol. The van der Waals surface area contributed by atoms with Crippen molar-refractivity contribution < 1.29 is 14.4 Å². The van der Waals surface area contributed by atoms with Crippen LogP contribution in [0, 0.1) is 5.92 Å². The van der Waals surface area contributed by atoms with Gasteiger partial charge in [0.25, 0.3) is 0 Å². The minimum Gasteiger partial charge on any atom is -0.312 e. The summed E-state index contributed by atoms with van der Waals surface area (Å²) in [6, 6.07) is 14.5. The first-order valence-corrected chi connectivity index (χ1v) is 8.60. The van der Waals surface area contributed by atoms with E-state index in [0.717, 1.165) is 12.1 Å². The molecule has 25 heavy (non-hydrogen) atoms. The molecule has 0 aromatic heterocycles. The maximum Gasteiger partial charge on any atom is 0.248 e. The topological polar surface area (TPSA) is 58.6 Å². The molecule has 1 N–H and O–H groups in total. The molecule has 1 aliphatic carbocycles. The molecule has 2 aliphatic rings. The first kappa shape index (κ1) is 15.8. The number of fused-ring (bicyclic) bond motifs is 3. The van der Waals surface area contributed by atoms with Gasteiger partial charge < -0.3 is 4.90 Å². The Balaban J connectivity index is 1.55. The summed E-state index contributed by atoms with van der Waals surface area (Å²) in [5.74, 6) is -0.622. The van der Waals surface area contributed by atoms with Crippen molar-refractivity contribution in [1.29, 1.82) is 0 Å². The third-order valence-electron chi connectivity index (χ3n) is 4.90. The van der Waals surface area contributed by atoms with Crippen LogP contribution in [0.25, 0.3) is 11.1 Å². The van der Waals surface area contributed by atoms with Crippen molar-refractivity contribution in [3.05, 3.63) is 53.6 Å². The Labute approximate surface area is 146 Å². The van der Waals surface area contributed by atoms with Crippen LogP contribution < -0.4 is 10.4 Å². The fourth-order valence-corrected chi connectivity index (χ4v) is 3.66. The third kappa shape index (κ3) is 2.81. The second kappa shape index (κ2) is 6.33. The third-order valence-corrected chi connectivity index (χ3v) is 4.90. The quantitative estimate of drug-likeness (QED) is 0.745. The van der Waals surface area contributed by atoms with Gasteiger partial charge in [-0.25, -0.2) is 5.48 Å². The number of benzene rings is 2. The van der Waals surface area contributed by atoms with Crippen LogP contribution in [-0.4, -0.2) is 25.0 Å². The molecule has 2 aromatic carbocycles. The van der Waals surface area contributed by atoms with Crippen LogP contribution >= 0.6 is 0 Å². The van der Waals surface area contributed by atoms with E-state index in [0.29, 0.717) is 13.2 Å². The first-order chi connectivity index (χ1) is 12.2. The lowest BCUT2D eigenvalue weighted by atomic mass is 10.1. The molecule has 0 bridgehead atoms. The summed E-state index contributed by atoms with van der Waals surface area (Å²) in [4.78, 5) is 31.1. The van der Waals surface area contributed by atoms with E-state index in [4.69, 9.17) is 4.84 Å².